The van der Waals surface area contributed by atoms with Gasteiger partial charge in [0.2, 0.25) is 0 Å². The second kappa shape index (κ2) is 6.14. The van der Waals surface area contributed by atoms with Crippen molar-refractivity contribution < 1.29 is 9.47 Å². The van der Waals surface area contributed by atoms with Crippen LogP contribution in [0.15, 0.2) is 78.9 Å². The summed E-state index contributed by atoms with van der Waals surface area (Å²) in [5.41, 5.74) is 2.30. The molecular weight excluding hydrogens is 260 g/mol. The predicted octanol–water partition coefficient (Wildman–Crippen LogP) is 5.15. The van der Waals surface area contributed by atoms with E-state index >= 15 is 0 Å². The molecule has 2 heteroatoms. The van der Waals surface area contributed by atoms with Gasteiger partial charge in [0, 0.05) is 0 Å². The molecule has 0 aromatic heterocycles. The molecule has 0 bridgehead atoms. The van der Waals surface area contributed by atoms with Gasteiger partial charge < -0.3 is 9.47 Å². The summed E-state index contributed by atoms with van der Waals surface area (Å²) in [6.07, 6.45) is 0. The second-order valence-electron chi connectivity index (χ2n) is 4.65. The fraction of sp³-hybridized carbons (Fsp3) is 0.0526. The Balaban J connectivity index is 1.90. The molecule has 3 aromatic carbocycles. The van der Waals surface area contributed by atoms with Crippen LogP contribution in [0.4, 0.5) is 0 Å². The highest BCUT2D eigenvalue weighted by Crippen LogP contribution is 2.32. The summed E-state index contributed by atoms with van der Waals surface area (Å²) >= 11 is 0. The molecule has 3 aromatic rings. The summed E-state index contributed by atoms with van der Waals surface area (Å²) in [5, 5.41) is 0. The number of hydrogen-bond donors (Lipinski definition) is 0. The van der Waals surface area contributed by atoms with Crippen LogP contribution in [0.5, 0.6) is 17.2 Å². The fourth-order valence-electron chi connectivity index (χ4n) is 2.20. The van der Waals surface area contributed by atoms with Crippen molar-refractivity contribution in [2.75, 3.05) is 7.11 Å². The molecule has 0 amide bonds. The van der Waals surface area contributed by atoms with Crippen LogP contribution in [-0.2, 0) is 0 Å². The molecule has 0 saturated heterocycles. The highest BCUT2D eigenvalue weighted by Gasteiger charge is 2.05. The van der Waals surface area contributed by atoms with E-state index in [2.05, 4.69) is 18.2 Å². The molecule has 0 radical (unpaired) electrons. The zero-order valence-electron chi connectivity index (χ0n) is 11.8. The molecule has 0 aliphatic heterocycles. The third-order valence-corrected chi connectivity index (χ3v) is 3.24. The normalized spacial score (nSPS) is 10.1. The third kappa shape index (κ3) is 3.06. The van der Waals surface area contributed by atoms with E-state index in [1.54, 1.807) is 7.11 Å². The molecule has 0 N–H and O–H groups in total. The maximum atomic E-state index is 5.94. The van der Waals surface area contributed by atoms with Crippen LogP contribution in [0.25, 0.3) is 11.1 Å². The van der Waals surface area contributed by atoms with E-state index < -0.39 is 0 Å². The first-order valence-corrected chi connectivity index (χ1v) is 6.83. The molecule has 0 fully saturated rings. The molecule has 0 atom stereocenters. The predicted molar refractivity (Wildman–Crippen MR) is 84.9 cm³/mol. The summed E-state index contributed by atoms with van der Waals surface area (Å²) in [4.78, 5) is 0. The van der Waals surface area contributed by atoms with Crippen molar-refractivity contribution in [1.82, 2.24) is 0 Å². The van der Waals surface area contributed by atoms with Crippen molar-refractivity contribution in [3.05, 3.63) is 78.9 Å². The van der Waals surface area contributed by atoms with Gasteiger partial charge in [-0.3, -0.25) is 0 Å². The van der Waals surface area contributed by atoms with E-state index in [9.17, 15) is 0 Å². The van der Waals surface area contributed by atoms with Gasteiger partial charge in [0.15, 0.2) is 11.5 Å². The first-order chi connectivity index (χ1) is 10.4. The second-order valence-corrected chi connectivity index (χ2v) is 4.65. The van der Waals surface area contributed by atoms with Gasteiger partial charge in [0.1, 0.15) is 5.75 Å². The van der Waals surface area contributed by atoms with E-state index in [0.29, 0.717) is 5.75 Å². The Hall–Kier alpha value is -2.74. The lowest BCUT2D eigenvalue weighted by molar-refractivity contribution is 0.379. The van der Waals surface area contributed by atoms with Crippen LogP contribution in [0.1, 0.15) is 0 Å². The lowest BCUT2D eigenvalue weighted by atomic mass is 10.1. The van der Waals surface area contributed by atoms with Crippen molar-refractivity contribution in [2.24, 2.45) is 0 Å². The topological polar surface area (TPSA) is 18.5 Å². The number of para-hydroxylation sites is 2. The Morgan fingerprint density at radius 3 is 2.05 bits per heavy atom. The monoisotopic (exact) mass is 276 g/mol. The number of hydrogen-bond acceptors (Lipinski definition) is 2. The smallest absolute Gasteiger partial charge is 0.169 e. The number of methoxy groups -OCH3 is 1. The van der Waals surface area contributed by atoms with Crippen molar-refractivity contribution in [3.63, 3.8) is 0 Å². The lowest BCUT2D eigenvalue weighted by Crippen LogP contribution is -1.90. The van der Waals surface area contributed by atoms with Crippen molar-refractivity contribution in [1.29, 1.82) is 0 Å². The summed E-state index contributed by atoms with van der Waals surface area (Å²) in [6.45, 7) is 0. The minimum atomic E-state index is 0.713. The summed E-state index contributed by atoms with van der Waals surface area (Å²) in [7, 11) is 1.64. The summed E-state index contributed by atoms with van der Waals surface area (Å²) in [5.74, 6) is 2.23. The average molecular weight is 276 g/mol. The Labute approximate surface area is 124 Å². The number of benzene rings is 3. The van der Waals surface area contributed by atoms with Crippen LogP contribution in [0.3, 0.4) is 0 Å². The lowest BCUT2D eigenvalue weighted by Gasteiger charge is -2.11. The molecule has 2 nitrogen and oxygen atoms in total. The quantitative estimate of drug-likeness (QED) is 0.655. The largest absolute Gasteiger partial charge is 0.493 e. The van der Waals surface area contributed by atoms with Crippen LogP contribution < -0.4 is 9.47 Å². The Bertz CT molecular complexity index is 720. The Kier molecular flexibility index (Phi) is 3.88. The molecule has 3 rings (SSSR count). The van der Waals surface area contributed by atoms with E-state index in [0.717, 1.165) is 17.1 Å². The van der Waals surface area contributed by atoms with Crippen LogP contribution in [-0.4, -0.2) is 7.11 Å². The maximum Gasteiger partial charge on any atom is 0.169 e. The van der Waals surface area contributed by atoms with E-state index in [-0.39, 0.29) is 0 Å². The highest BCUT2D eigenvalue weighted by molar-refractivity contribution is 5.65. The Morgan fingerprint density at radius 1 is 0.619 bits per heavy atom. The van der Waals surface area contributed by atoms with Crippen molar-refractivity contribution >= 4 is 0 Å². The standard InChI is InChI=1S/C19H16O2/c1-20-18-12-5-6-13-19(18)21-17-11-7-10-16(14-17)15-8-3-2-4-9-15/h2-14H,1H3. The van der Waals surface area contributed by atoms with Gasteiger partial charge in [-0.15, -0.1) is 0 Å². The van der Waals surface area contributed by atoms with Crippen LogP contribution in [0, 0.1) is 0 Å². The summed E-state index contributed by atoms with van der Waals surface area (Å²) in [6, 6.07) is 25.9. The highest BCUT2D eigenvalue weighted by atomic mass is 16.5. The van der Waals surface area contributed by atoms with Gasteiger partial charge in [0.25, 0.3) is 0 Å². The van der Waals surface area contributed by atoms with Crippen LogP contribution >= 0.6 is 0 Å². The van der Waals surface area contributed by atoms with Gasteiger partial charge in [-0.25, -0.2) is 0 Å². The van der Waals surface area contributed by atoms with E-state index in [1.807, 2.05) is 60.7 Å². The number of rotatable bonds is 4. The zero-order valence-corrected chi connectivity index (χ0v) is 11.8. The van der Waals surface area contributed by atoms with Crippen molar-refractivity contribution in [2.45, 2.75) is 0 Å². The van der Waals surface area contributed by atoms with Gasteiger partial charge in [-0.05, 0) is 35.4 Å². The molecular formula is C19H16O2. The first kappa shape index (κ1) is 13.3. The van der Waals surface area contributed by atoms with E-state index in [1.165, 1.54) is 5.56 Å². The molecule has 0 saturated carbocycles. The molecule has 0 aliphatic rings. The Morgan fingerprint density at radius 2 is 1.29 bits per heavy atom. The molecule has 21 heavy (non-hydrogen) atoms. The number of ether oxygens (including phenoxy) is 2. The zero-order chi connectivity index (χ0) is 14.5. The summed E-state index contributed by atoms with van der Waals surface area (Å²) < 4.78 is 11.2. The maximum absolute atomic E-state index is 5.94. The first-order valence-electron chi connectivity index (χ1n) is 6.83. The van der Waals surface area contributed by atoms with Gasteiger partial charge in [-0.2, -0.15) is 0 Å². The average Bonchev–Trinajstić information content (AvgIpc) is 2.56. The molecule has 0 unspecified atom stereocenters. The molecule has 104 valence electrons. The van der Waals surface area contributed by atoms with Crippen molar-refractivity contribution in [3.8, 4) is 28.4 Å². The fourth-order valence-corrected chi connectivity index (χ4v) is 2.20. The van der Waals surface area contributed by atoms with Gasteiger partial charge in [0.05, 0.1) is 7.11 Å². The minimum Gasteiger partial charge on any atom is -0.493 e. The van der Waals surface area contributed by atoms with Gasteiger partial charge in [-0.1, -0.05) is 54.6 Å². The van der Waals surface area contributed by atoms with Gasteiger partial charge >= 0.3 is 0 Å². The van der Waals surface area contributed by atoms with Crippen LogP contribution in [0.2, 0.25) is 0 Å². The third-order valence-electron chi connectivity index (χ3n) is 3.24. The molecule has 0 spiro atoms. The molecule has 0 heterocycles. The SMILES string of the molecule is COc1ccccc1Oc1cccc(-c2ccccc2)c1. The van der Waals surface area contributed by atoms with E-state index in [4.69, 9.17) is 9.47 Å². The minimum absolute atomic E-state index is 0.713. The molecule has 0 aliphatic carbocycles.